The zero-order valence-corrected chi connectivity index (χ0v) is 12.6. The monoisotopic (exact) mass is 283 g/mol. The van der Waals surface area contributed by atoms with Gasteiger partial charge in [0.05, 0.1) is 6.61 Å². The van der Waals surface area contributed by atoms with Crippen molar-refractivity contribution in [2.45, 2.75) is 45.4 Å². The number of Topliss-reactive ketones (excluding diaryl/α,β-unsaturated/α-hetero) is 1. The summed E-state index contributed by atoms with van der Waals surface area (Å²) in [6, 6.07) is 0. The summed E-state index contributed by atoms with van der Waals surface area (Å²) < 4.78 is 7.13. The number of allylic oxidation sites excluding steroid dienone is 2. The highest BCUT2D eigenvalue weighted by molar-refractivity contribution is 7.13. The minimum Gasteiger partial charge on any atom is -0.465 e. The number of esters is 1. The van der Waals surface area contributed by atoms with Crippen molar-refractivity contribution < 1.29 is 14.3 Å². The first-order chi connectivity index (χ1) is 9.15. The zero-order chi connectivity index (χ0) is 13.8. The summed E-state index contributed by atoms with van der Waals surface area (Å²) in [6.07, 6.45) is 5.62. The molecule has 0 aromatic carbocycles. The van der Waals surface area contributed by atoms with Crippen molar-refractivity contribution in [3.8, 4) is 0 Å². The molecular formula is C14H22NO3P. The molecule has 0 bridgehead atoms. The van der Waals surface area contributed by atoms with Gasteiger partial charge in [-0.15, -0.1) is 0 Å². The van der Waals surface area contributed by atoms with Crippen LogP contribution in [0, 0.1) is 5.92 Å². The van der Waals surface area contributed by atoms with E-state index in [0.717, 1.165) is 49.9 Å². The van der Waals surface area contributed by atoms with E-state index in [1.165, 1.54) is 0 Å². The molecule has 19 heavy (non-hydrogen) atoms. The molecule has 106 valence electrons. The summed E-state index contributed by atoms with van der Waals surface area (Å²) in [5.41, 5.74) is 1.99. The molecule has 0 amide bonds. The van der Waals surface area contributed by atoms with Gasteiger partial charge in [-0.1, -0.05) is 6.42 Å². The van der Waals surface area contributed by atoms with E-state index in [2.05, 4.69) is 14.1 Å². The molecule has 0 fully saturated rings. The lowest BCUT2D eigenvalue weighted by Gasteiger charge is -2.21. The van der Waals surface area contributed by atoms with Crippen LogP contribution in [0.2, 0.25) is 0 Å². The van der Waals surface area contributed by atoms with Crippen molar-refractivity contribution in [2.75, 3.05) is 13.2 Å². The molecule has 0 N–H and O–H groups in total. The van der Waals surface area contributed by atoms with Crippen molar-refractivity contribution in [1.82, 2.24) is 4.67 Å². The van der Waals surface area contributed by atoms with Gasteiger partial charge in [-0.2, -0.15) is 0 Å². The van der Waals surface area contributed by atoms with Crippen LogP contribution in [0.5, 0.6) is 0 Å². The fourth-order valence-electron chi connectivity index (χ4n) is 2.86. The number of carbonyl (C=O) groups excluding carboxylic acids is 2. The highest BCUT2D eigenvalue weighted by atomic mass is 31.0. The zero-order valence-electron chi connectivity index (χ0n) is 11.5. The van der Waals surface area contributed by atoms with Crippen LogP contribution in [0.25, 0.3) is 0 Å². The van der Waals surface area contributed by atoms with Crippen LogP contribution in [0.15, 0.2) is 11.3 Å². The number of nitrogens with zero attached hydrogens (tertiary/aromatic N) is 1. The van der Waals surface area contributed by atoms with E-state index < -0.39 is 5.92 Å². The third-order valence-electron chi connectivity index (χ3n) is 3.88. The molecular weight excluding hydrogens is 261 g/mol. The Bertz CT molecular complexity index is 405. The Kier molecular flexibility index (Phi) is 4.98. The van der Waals surface area contributed by atoms with E-state index in [1.54, 1.807) is 6.92 Å². The summed E-state index contributed by atoms with van der Waals surface area (Å²) in [4.78, 5) is 24.5. The summed E-state index contributed by atoms with van der Waals surface area (Å²) >= 11 is 0. The van der Waals surface area contributed by atoms with E-state index >= 15 is 0 Å². The Morgan fingerprint density at radius 3 is 2.84 bits per heavy atom. The lowest BCUT2D eigenvalue weighted by molar-refractivity contribution is -0.150. The van der Waals surface area contributed by atoms with Crippen molar-refractivity contribution in [3.63, 3.8) is 0 Å². The average Bonchev–Trinajstić information content (AvgIpc) is 2.68. The van der Waals surface area contributed by atoms with E-state index in [0.29, 0.717) is 13.0 Å². The molecule has 2 atom stereocenters. The minimum atomic E-state index is -0.603. The molecule has 4 nitrogen and oxygen atoms in total. The number of hydrogen-bond donors (Lipinski definition) is 0. The second kappa shape index (κ2) is 6.51. The third-order valence-corrected chi connectivity index (χ3v) is 4.45. The molecule has 0 radical (unpaired) electrons. The molecule has 5 heteroatoms. The van der Waals surface area contributed by atoms with Gasteiger partial charge in [-0.25, -0.2) is 0 Å². The van der Waals surface area contributed by atoms with Crippen LogP contribution in [0.3, 0.4) is 0 Å². The fraction of sp³-hybridized carbons (Fsp3) is 0.714. The molecule has 0 saturated carbocycles. The van der Waals surface area contributed by atoms with Crippen LogP contribution < -0.4 is 0 Å². The second-order valence-electron chi connectivity index (χ2n) is 5.14. The number of carbonyl (C=O) groups is 2. The molecule has 2 aliphatic rings. The van der Waals surface area contributed by atoms with Gasteiger partial charge in [0.25, 0.3) is 0 Å². The van der Waals surface area contributed by atoms with Crippen LogP contribution >= 0.6 is 9.39 Å². The highest BCUT2D eigenvalue weighted by Crippen LogP contribution is 2.34. The first-order valence-corrected chi connectivity index (χ1v) is 7.62. The quantitative estimate of drug-likeness (QED) is 0.444. The fourth-order valence-corrected chi connectivity index (χ4v) is 3.29. The van der Waals surface area contributed by atoms with E-state index in [1.807, 2.05) is 0 Å². The Morgan fingerprint density at radius 2 is 2.11 bits per heavy atom. The van der Waals surface area contributed by atoms with Crippen molar-refractivity contribution in [3.05, 3.63) is 11.3 Å². The lowest BCUT2D eigenvalue weighted by atomic mass is 9.92. The van der Waals surface area contributed by atoms with Crippen molar-refractivity contribution in [1.29, 1.82) is 0 Å². The van der Waals surface area contributed by atoms with Gasteiger partial charge in [0.15, 0.2) is 5.78 Å². The minimum absolute atomic E-state index is 0.000278. The van der Waals surface area contributed by atoms with Crippen LogP contribution in [-0.4, -0.2) is 29.6 Å². The van der Waals surface area contributed by atoms with Gasteiger partial charge in [-0.3, -0.25) is 9.59 Å². The van der Waals surface area contributed by atoms with E-state index in [4.69, 9.17) is 4.74 Å². The van der Waals surface area contributed by atoms with Crippen molar-refractivity contribution in [2.24, 2.45) is 5.92 Å². The normalized spacial score (nSPS) is 24.6. The summed E-state index contributed by atoms with van der Waals surface area (Å²) in [7, 11) is 2.70. The molecule has 2 rings (SSSR count). The molecule has 0 aromatic rings. The maximum atomic E-state index is 12.6. The summed E-state index contributed by atoms with van der Waals surface area (Å²) in [5, 5.41) is 0. The number of ketones is 1. The largest absolute Gasteiger partial charge is 0.465 e. The number of rotatable bonds is 2. The predicted molar refractivity (Wildman–Crippen MR) is 76.3 cm³/mol. The smallest absolute Gasteiger partial charge is 0.316 e. The maximum absolute atomic E-state index is 12.6. The van der Waals surface area contributed by atoms with E-state index in [-0.39, 0.29) is 11.8 Å². The van der Waals surface area contributed by atoms with Gasteiger partial charge < -0.3 is 9.41 Å². The standard InChI is InChI=1S/C14H22NO3P/c1-2-18-14(17)11-8-9-15(19)12-7-5-3-4-6-10(12)13(11)16/h11H,2-9,19H2,1H3. The van der Waals surface area contributed by atoms with E-state index in [9.17, 15) is 9.59 Å². The van der Waals surface area contributed by atoms with Gasteiger partial charge in [0.1, 0.15) is 5.92 Å². The third kappa shape index (κ3) is 3.17. The SMILES string of the molecule is CCOC(=O)C1CCN(P)C2=C(CCCCC2)C1=O. The topological polar surface area (TPSA) is 46.6 Å². The first kappa shape index (κ1) is 14.5. The van der Waals surface area contributed by atoms with Gasteiger partial charge in [0.2, 0.25) is 0 Å². The van der Waals surface area contributed by atoms with Gasteiger partial charge in [0, 0.05) is 17.8 Å². The molecule has 0 aromatic heterocycles. The van der Waals surface area contributed by atoms with Gasteiger partial charge >= 0.3 is 5.97 Å². The maximum Gasteiger partial charge on any atom is 0.316 e. The van der Waals surface area contributed by atoms with Crippen molar-refractivity contribution >= 4 is 21.1 Å². The average molecular weight is 283 g/mol. The summed E-state index contributed by atoms with van der Waals surface area (Å²) in [5.74, 6) is -0.960. The second-order valence-corrected chi connectivity index (χ2v) is 5.76. The number of hydrogen-bond acceptors (Lipinski definition) is 4. The summed E-state index contributed by atoms with van der Waals surface area (Å²) in [6.45, 7) is 2.83. The van der Waals surface area contributed by atoms with Crippen LogP contribution in [-0.2, 0) is 14.3 Å². The molecule has 0 spiro atoms. The molecule has 0 saturated heterocycles. The highest BCUT2D eigenvalue weighted by Gasteiger charge is 2.35. The molecule has 1 aliphatic heterocycles. The molecule has 2 unspecified atom stereocenters. The Morgan fingerprint density at radius 1 is 1.37 bits per heavy atom. The number of ether oxygens (including phenoxy) is 1. The lowest BCUT2D eigenvalue weighted by Crippen LogP contribution is -2.27. The Labute approximate surface area is 116 Å². The first-order valence-electron chi connectivity index (χ1n) is 7.10. The predicted octanol–water partition coefficient (Wildman–Crippen LogP) is 2.45. The van der Waals surface area contributed by atoms with Crippen LogP contribution in [0.1, 0.15) is 45.4 Å². The van der Waals surface area contributed by atoms with Crippen LogP contribution in [0.4, 0.5) is 0 Å². The van der Waals surface area contributed by atoms with Gasteiger partial charge in [-0.05, 0) is 48.4 Å². The Hall–Kier alpha value is -0.890. The molecule has 1 aliphatic carbocycles. The molecule has 1 heterocycles. The Balaban J connectivity index is 2.27.